The number of benzene rings is 2. The van der Waals surface area contributed by atoms with Crippen molar-refractivity contribution in [2.45, 2.75) is 6.42 Å². The fourth-order valence-electron chi connectivity index (χ4n) is 1.89. The minimum Gasteiger partial charge on any atom is -0.497 e. The Labute approximate surface area is 143 Å². The average molecular weight is 381 g/mol. The van der Waals surface area contributed by atoms with Gasteiger partial charge in [-0.3, -0.25) is 4.79 Å². The van der Waals surface area contributed by atoms with E-state index in [0.29, 0.717) is 16.3 Å². The molecular formula is C17H15BrClNO2. The quantitative estimate of drug-likeness (QED) is 0.690. The maximum absolute atomic E-state index is 12.2. The number of allylic oxidation sites excluding steroid dienone is 1. The largest absolute Gasteiger partial charge is 0.497 e. The molecule has 0 aliphatic carbocycles. The predicted octanol–water partition coefficient (Wildman–Crippen LogP) is 5.31. The van der Waals surface area contributed by atoms with Crippen LogP contribution in [0.5, 0.6) is 5.75 Å². The van der Waals surface area contributed by atoms with Crippen molar-refractivity contribution in [2.75, 3.05) is 12.4 Å². The summed E-state index contributed by atoms with van der Waals surface area (Å²) in [7, 11) is 1.59. The highest BCUT2D eigenvalue weighted by molar-refractivity contribution is 9.10. The molecule has 0 atom stereocenters. The van der Waals surface area contributed by atoms with Crippen LogP contribution in [0.4, 0.5) is 5.69 Å². The first-order valence-electron chi connectivity index (χ1n) is 6.56. The molecule has 0 saturated carbocycles. The summed E-state index contributed by atoms with van der Waals surface area (Å²) in [5, 5.41) is 3.68. The molecule has 3 nitrogen and oxygen atoms in total. The van der Waals surface area contributed by atoms with Gasteiger partial charge in [0.15, 0.2) is 5.78 Å². The van der Waals surface area contributed by atoms with E-state index in [9.17, 15) is 4.79 Å². The van der Waals surface area contributed by atoms with Crippen molar-refractivity contribution in [2.24, 2.45) is 0 Å². The third kappa shape index (κ3) is 4.36. The highest BCUT2D eigenvalue weighted by atomic mass is 79.9. The summed E-state index contributed by atoms with van der Waals surface area (Å²) >= 11 is 9.36. The van der Waals surface area contributed by atoms with E-state index in [4.69, 9.17) is 16.3 Å². The number of hydrogen-bond donors (Lipinski definition) is 1. The van der Waals surface area contributed by atoms with Crippen LogP contribution in [0.1, 0.15) is 16.8 Å². The standard InChI is InChI=1S/C17H15BrClNO2/c1-11(20-13-5-8-15(18)16(19)10-13)9-17(21)12-3-6-14(22-2)7-4-12/h3-8,10,20H,1,9H2,2H3. The van der Waals surface area contributed by atoms with Crippen LogP contribution in [0.3, 0.4) is 0 Å². The van der Waals surface area contributed by atoms with Crippen molar-refractivity contribution in [1.29, 1.82) is 0 Å². The van der Waals surface area contributed by atoms with Crippen LogP contribution in [0.2, 0.25) is 5.02 Å². The van der Waals surface area contributed by atoms with Crippen molar-refractivity contribution in [1.82, 2.24) is 0 Å². The molecule has 0 aromatic heterocycles. The Bertz CT molecular complexity index is 698. The first-order valence-corrected chi connectivity index (χ1v) is 7.74. The lowest BCUT2D eigenvalue weighted by Crippen LogP contribution is -2.06. The summed E-state index contributed by atoms with van der Waals surface area (Å²) in [4.78, 5) is 12.2. The van der Waals surface area contributed by atoms with E-state index in [1.165, 1.54) is 0 Å². The second kappa shape index (κ2) is 7.47. The zero-order chi connectivity index (χ0) is 16.1. The van der Waals surface area contributed by atoms with Crippen LogP contribution in [0, 0.1) is 0 Å². The number of halogens is 2. The monoisotopic (exact) mass is 379 g/mol. The number of hydrogen-bond acceptors (Lipinski definition) is 3. The van der Waals surface area contributed by atoms with E-state index in [1.807, 2.05) is 12.1 Å². The highest BCUT2D eigenvalue weighted by Gasteiger charge is 2.09. The van der Waals surface area contributed by atoms with Gasteiger partial charge in [0.1, 0.15) is 5.75 Å². The van der Waals surface area contributed by atoms with Crippen LogP contribution >= 0.6 is 27.5 Å². The molecule has 0 bridgehead atoms. The van der Waals surface area contributed by atoms with Gasteiger partial charge in [0.2, 0.25) is 0 Å². The normalized spacial score (nSPS) is 10.1. The maximum atomic E-state index is 12.2. The molecule has 2 aromatic rings. The second-order valence-corrected chi connectivity index (χ2v) is 5.95. The minimum absolute atomic E-state index is 0.0108. The van der Waals surface area contributed by atoms with Crippen molar-refractivity contribution in [3.05, 3.63) is 69.8 Å². The highest BCUT2D eigenvalue weighted by Crippen LogP contribution is 2.26. The molecule has 5 heteroatoms. The number of anilines is 1. The third-order valence-electron chi connectivity index (χ3n) is 3.03. The Morgan fingerprint density at radius 1 is 1.27 bits per heavy atom. The lowest BCUT2D eigenvalue weighted by molar-refractivity contribution is 0.0993. The molecule has 2 rings (SSSR count). The molecule has 0 unspecified atom stereocenters. The number of carbonyl (C=O) groups is 1. The van der Waals surface area contributed by atoms with Crippen LogP contribution in [0.15, 0.2) is 59.2 Å². The SMILES string of the molecule is C=C(CC(=O)c1ccc(OC)cc1)Nc1ccc(Br)c(Cl)c1. The van der Waals surface area contributed by atoms with E-state index in [-0.39, 0.29) is 12.2 Å². The van der Waals surface area contributed by atoms with E-state index >= 15 is 0 Å². The first kappa shape index (κ1) is 16.6. The van der Waals surface area contributed by atoms with Gasteiger partial charge in [-0.15, -0.1) is 0 Å². The van der Waals surface area contributed by atoms with Gasteiger partial charge in [-0.05, 0) is 58.4 Å². The van der Waals surface area contributed by atoms with E-state index in [2.05, 4.69) is 27.8 Å². The maximum Gasteiger partial charge on any atom is 0.168 e. The molecule has 0 spiro atoms. The topological polar surface area (TPSA) is 38.3 Å². The summed E-state index contributed by atoms with van der Waals surface area (Å²) < 4.78 is 5.89. The van der Waals surface area contributed by atoms with Crippen LogP contribution in [0.25, 0.3) is 0 Å². The average Bonchev–Trinajstić information content (AvgIpc) is 2.51. The second-order valence-electron chi connectivity index (χ2n) is 4.69. The van der Waals surface area contributed by atoms with Gasteiger partial charge in [-0.25, -0.2) is 0 Å². The Morgan fingerprint density at radius 2 is 1.95 bits per heavy atom. The van der Waals surface area contributed by atoms with E-state index < -0.39 is 0 Å². The molecule has 0 saturated heterocycles. The smallest absolute Gasteiger partial charge is 0.168 e. The number of ketones is 1. The Balaban J connectivity index is 1.98. The zero-order valence-electron chi connectivity index (χ0n) is 12.0. The van der Waals surface area contributed by atoms with Crippen LogP contribution in [-0.2, 0) is 0 Å². The van der Waals surface area contributed by atoms with E-state index in [0.717, 1.165) is 15.9 Å². The van der Waals surface area contributed by atoms with Crippen molar-refractivity contribution >= 4 is 39.0 Å². The molecule has 0 amide bonds. The van der Waals surface area contributed by atoms with Gasteiger partial charge in [-0.2, -0.15) is 0 Å². The molecule has 0 fully saturated rings. The lowest BCUT2D eigenvalue weighted by atomic mass is 10.1. The fourth-order valence-corrected chi connectivity index (χ4v) is 2.32. The van der Waals surface area contributed by atoms with Crippen LogP contribution < -0.4 is 10.1 Å². The summed E-state index contributed by atoms with van der Waals surface area (Å²) in [5.74, 6) is 0.710. The molecule has 0 aliphatic heterocycles. The Hall–Kier alpha value is -1.78. The van der Waals surface area contributed by atoms with Gasteiger partial charge in [-0.1, -0.05) is 18.2 Å². The molecule has 114 valence electrons. The number of methoxy groups -OCH3 is 1. The Kier molecular flexibility index (Phi) is 5.63. The van der Waals surface area contributed by atoms with Crippen LogP contribution in [-0.4, -0.2) is 12.9 Å². The molecule has 2 aromatic carbocycles. The summed E-state index contributed by atoms with van der Waals surface area (Å²) in [6.07, 6.45) is 0.208. The number of ether oxygens (including phenoxy) is 1. The fraction of sp³-hybridized carbons (Fsp3) is 0.118. The molecule has 0 heterocycles. The van der Waals surface area contributed by atoms with Gasteiger partial charge >= 0.3 is 0 Å². The van der Waals surface area contributed by atoms with Crippen molar-refractivity contribution in [3.8, 4) is 5.75 Å². The number of carbonyl (C=O) groups excluding carboxylic acids is 1. The number of nitrogens with one attached hydrogen (secondary N) is 1. The van der Waals surface area contributed by atoms with Gasteiger partial charge < -0.3 is 10.1 Å². The lowest BCUT2D eigenvalue weighted by Gasteiger charge is -2.10. The molecule has 0 aliphatic rings. The van der Waals surface area contributed by atoms with Gasteiger partial charge in [0.25, 0.3) is 0 Å². The first-order chi connectivity index (χ1) is 10.5. The number of Topliss-reactive ketones (excluding diaryl/α,β-unsaturated/α-hetero) is 1. The molecule has 22 heavy (non-hydrogen) atoms. The van der Waals surface area contributed by atoms with Crippen molar-refractivity contribution < 1.29 is 9.53 Å². The van der Waals surface area contributed by atoms with E-state index in [1.54, 1.807) is 37.4 Å². The summed E-state index contributed by atoms with van der Waals surface area (Å²) in [5.41, 5.74) is 2.03. The summed E-state index contributed by atoms with van der Waals surface area (Å²) in [6.45, 7) is 3.89. The number of rotatable bonds is 6. The van der Waals surface area contributed by atoms with Gasteiger partial charge in [0, 0.05) is 21.4 Å². The molecular weight excluding hydrogens is 366 g/mol. The minimum atomic E-state index is -0.0108. The molecule has 0 radical (unpaired) electrons. The summed E-state index contributed by atoms with van der Waals surface area (Å²) in [6, 6.07) is 12.5. The Morgan fingerprint density at radius 3 is 2.55 bits per heavy atom. The molecule has 1 N–H and O–H groups in total. The third-order valence-corrected chi connectivity index (χ3v) is 4.26. The van der Waals surface area contributed by atoms with Crippen molar-refractivity contribution in [3.63, 3.8) is 0 Å². The zero-order valence-corrected chi connectivity index (χ0v) is 14.4. The predicted molar refractivity (Wildman–Crippen MR) is 93.9 cm³/mol. The van der Waals surface area contributed by atoms with Gasteiger partial charge in [0.05, 0.1) is 18.6 Å².